The van der Waals surface area contributed by atoms with Crippen LogP contribution in [0, 0.1) is 0 Å². The minimum absolute atomic E-state index is 0.0307. The number of nitrogens with zero attached hydrogens (tertiary/aromatic N) is 4. The summed E-state index contributed by atoms with van der Waals surface area (Å²) in [6, 6.07) is 15.1. The molecule has 0 spiro atoms. The maximum absolute atomic E-state index is 12.3. The normalized spacial score (nSPS) is 11.4. The van der Waals surface area contributed by atoms with Crippen molar-refractivity contribution in [3.8, 4) is 5.75 Å². The summed E-state index contributed by atoms with van der Waals surface area (Å²) in [6.45, 7) is 0.641. The van der Waals surface area contributed by atoms with Gasteiger partial charge in [-0.1, -0.05) is 57.2 Å². The van der Waals surface area contributed by atoms with Gasteiger partial charge in [0.25, 0.3) is 0 Å². The van der Waals surface area contributed by atoms with Crippen LogP contribution < -0.4 is 4.74 Å². The molecule has 0 saturated carbocycles. The Bertz CT molecular complexity index is 1140. The maximum atomic E-state index is 12.3. The maximum Gasteiger partial charge on any atom is 0.235 e. The summed E-state index contributed by atoms with van der Waals surface area (Å²) in [5, 5.41) is 12.2. The number of fused-ring (bicyclic) bond motifs is 1. The fraction of sp³-hybridized carbons (Fsp3) is 0.182. The number of halogens is 1. The Hall–Kier alpha value is -2.49. The first-order chi connectivity index (χ1) is 15.2. The molecule has 0 N–H and O–H groups in total. The Labute approximate surface area is 196 Å². The second-order valence-electron chi connectivity index (χ2n) is 6.60. The number of thioether (sulfide) groups is 1. The summed E-state index contributed by atoms with van der Waals surface area (Å²) in [4.78, 5) is 13.1. The second-order valence-corrected chi connectivity index (χ2v) is 9.82. The van der Waals surface area contributed by atoms with Gasteiger partial charge < -0.3 is 4.74 Å². The van der Waals surface area contributed by atoms with Gasteiger partial charge in [-0.05, 0) is 60.9 Å². The van der Waals surface area contributed by atoms with E-state index in [-0.39, 0.29) is 5.78 Å². The Morgan fingerprint density at radius 3 is 2.71 bits per heavy atom. The largest absolute Gasteiger partial charge is 0.494 e. The smallest absolute Gasteiger partial charge is 0.235 e. The van der Waals surface area contributed by atoms with Crippen molar-refractivity contribution in [1.82, 2.24) is 19.8 Å². The first-order valence-corrected chi connectivity index (χ1v) is 12.3. The highest BCUT2D eigenvalue weighted by Crippen LogP contribution is 2.24. The fourth-order valence-electron chi connectivity index (χ4n) is 2.71. The number of carbonyl (C=O) groups excluding carboxylic acids is 1. The lowest BCUT2D eigenvalue weighted by Crippen LogP contribution is -1.99. The van der Waals surface area contributed by atoms with E-state index >= 15 is 0 Å². The van der Waals surface area contributed by atoms with Gasteiger partial charge in [0.1, 0.15) is 12.1 Å². The molecule has 0 aliphatic heterocycles. The van der Waals surface area contributed by atoms with Crippen LogP contribution in [0.25, 0.3) is 11.0 Å². The van der Waals surface area contributed by atoms with E-state index < -0.39 is 0 Å². The third-order valence-corrected chi connectivity index (χ3v) is 7.00. The van der Waals surface area contributed by atoms with Gasteiger partial charge >= 0.3 is 0 Å². The highest BCUT2D eigenvalue weighted by Gasteiger charge is 2.06. The predicted molar refractivity (Wildman–Crippen MR) is 128 cm³/mol. The molecule has 4 rings (SSSR count). The molecule has 0 aliphatic carbocycles. The molecule has 2 aromatic heterocycles. The van der Waals surface area contributed by atoms with Crippen molar-refractivity contribution in [2.45, 2.75) is 17.2 Å². The van der Waals surface area contributed by atoms with Crippen molar-refractivity contribution in [3.63, 3.8) is 0 Å². The number of benzene rings is 2. The zero-order valence-corrected chi connectivity index (χ0v) is 19.7. The Kier molecular flexibility index (Phi) is 7.50. The van der Waals surface area contributed by atoms with Gasteiger partial charge in [0.2, 0.25) is 4.96 Å². The van der Waals surface area contributed by atoms with Crippen molar-refractivity contribution < 1.29 is 9.53 Å². The Balaban J connectivity index is 1.16. The lowest BCUT2D eigenvalue weighted by atomic mass is 10.1. The zero-order valence-electron chi connectivity index (χ0n) is 16.5. The first-order valence-electron chi connectivity index (χ1n) is 9.68. The molecule has 2 heterocycles. The molecule has 158 valence electrons. The molecule has 0 unspecified atom stereocenters. The molecule has 2 aromatic carbocycles. The lowest BCUT2D eigenvalue weighted by molar-refractivity contribution is 0.104. The van der Waals surface area contributed by atoms with Crippen molar-refractivity contribution in [2.75, 3.05) is 12.4 Å². The van der Waals surface area contributed by atoms with Crippen molar-refractivity contribution in [1.29, 1.82) is 0 Å². The second kappa shape index (κ2) is 10.7. The summed E-state index contributed by atoms with van der Waals surface area (Å²) < 4.78 is 9.50. The molecule has 0 fully saturated rings. The van der Waals surface area contributed by atoms with Crippen molar-refractivity contribution in [2.24, 2.45) is 0 Å². The summed E-state index contributed by atoms with van der Waals surface area (Å²) in [5.41, 5.74) is 1.62. The summed E-state index contributed by atoms with van der Waals surface area (Å²) in [7, 11) is 0. The number of hydrogen-bond acceptors (Lipinski definition) is 7. The van der Waals surface area contributed by atoms with Crippen LogP contribution in [0.15, 0.2) is 69.7 Å². The number of aromatic nitrogens is 4. The van der Waals surface area contributed by atoms with Gasteiger partial charge in [-0.2, -0.15) is 4.52 Å². The molecular weight excluding hydrogens is 496 g/mol. The number of ether oxygens (including phenoxy) is 1. The molecule has 0 amide bonds. The molecule has 0 atom stereocenters. The van der Waals surface area contributed by atoms with E-state index in [4.69, 9.17) is 4.74 Å². The van der Waals surface area contributed by atoms with Gasteiger partial charge in [0.05, 0.1) is 6.61 Å². The molecule has 0 saturated heterocycles. The third-order valence-electron chi connectivity index (χ3n) is 4.34. The van der Waals surface area contributed by atoms with Crippen LogP contribution in [0.3, 0.4) is 0 Å². The van der Waals surface area contributed by atoms with E-state index in [1.165, 1.54) is 0 Å². The van der Waals surface area contributed by atoms with Gasteiger partial charge in [-0.15, -0.1) is 15.3 Å². The topological polar surface area (TPSA) is 69.4 Å². The zero-order chi connectivity index (χ0) is 21.5. The van der Waals surface area contributed by atoms with Crippen LogP contribution in [0.5, 0.6) is 5.75 Å². The molecule has 0 radical (unpaired) electrons. The van der Waals surface area contributed by atoms with Crippen molar-refractivity contribution >= 4 is 55.8 Å². The van der Waals surface area contributed by atoms with Crippen molar-refractivity contribution in [3.05, 3.63) is 76.5 Å². The van der Waals surface area contributed by atoms with E-state index in [1.807, 2.05) is 42.5 Å². The van der Waals surface area contributed by atoms with E-state index in [0.717, 1.165) is 43.7 Å². The first kappa shape index (κ1) is 21.7. The van der Waals surface area contributed by atoms with Crippen LogP contribution in [0.4, 0.5) is 0 Å². The number of allylic oxidation sites excluding steroid dienone is 1. The highest BCUT2D eigenvalue weighted by atomic mass is 79.9. The Morgan fingerprint density at radius 1 is 1.13 bits per heavy atom. The van der Waals surface area contributed by atoms with Gasteiger partial charge in [0.15, 0.2) is 10.1 Å². The molecular formula is C22H19BrN4O2S2. The average molecular weight is 515 g/mol. The molecule has 0 aliphatic rings. The molecule has 31 heavy (non-hydrogen) atoms. The SMILES string of the molecule is O=C(/C=C/c1ccc(Br)cc1)c1ccc(OCCCCSc2nn3cnnc3s2)cc1. The van der Waals surface area contributed by atoms with E-state index in [1.54, 1.807) is 52.2 Å². The van der Waals surface area contributed by atoms with E-state index in [0.29, 0.717) is 12.2 Å². The van der Waals surface area contributed by atoms with Crippen LogP contribution in [0.2, 0.25) is 0 Å². The average Bonchev–Trinajstić information content (AvgIpc) is 3.38. The number of carbonyl (C=O) groups is 1. The van der Waals surface area contributed by atoms with E-state index in [9.17, 15) is 4.79 Å². The predicted octanol–water partition coefficient (Wildman–Crippen LogP) is 5.80. The summed E-state index contributed by atoms with van der Waals surface area (Å²) in [6.07, 6.45) is 7.00. The third kappa shape index (κ3) is 6.25. The molecule has 4 aromatic rings. The van der Waals surface area contributed by atoms with Crippen LogP contribution in [0.1, 0.15) is 28.8 Å². The molecule has 6 nitrogen and oxygen atoms in total. The van der Waals surface area contributed by atoms with E-state index in [2.05, 4.69) is 31.2 Å². The monoisotopic (exact) mass is 514 g/mol. The number of hydrogen-bond donors (Lipinski definition) is 0. The molecule has 9 heteroatoms. The summed E-state index contributed by atoms with van der Waals surface area (Å²) in [5.74, 6) is 1.72. The van der Waals surface area contributed by atoms with Gasteiger partial charge in [-0.3, -0.25) is 4.79 Å². The fourth-order valence-corrected chi connectivity index (χ4v) is 4.91. The highest BCUT2D eigenvalue weighted by molar-refractivity contribution is 9.10. The minimum Gasteiger partial charge on any atom is -0.494 e. The number of ketones is 1. The Morgan fingerprint density at radius 2 is 1.94 bits per heavy atom. The summed E-state index contributed by atoms with van der Waals surface area (Å²) >= 11 is 6.67. The molecule has 0 bridgehead atoms. The minimum atomic E-state index is -0.0307. The van der Waals surface area contributed by atoms with Crippen LogP contribution in [-0.2, 0) is 0 Å². The lowest BCUT2D eigenvalue weighted by Gasteiger charge is -2.06. The number of rotatable bonds is 10. The van der Waals surface area contributed by atoms with Crippen LogP contribution >= 0.6 is 39.0 Å². The quantitative estimate of drug-likeness (QED) is 0.115. The standard InChI is InChI=1S/C22H19BrN4O2S2/c23-18-8-3-16(4-9-18)5-12-20(28)17-6-10-19(11-7-17)29-13-1-2-14-30-22-26-27-15-24-25-21(27)31-22/h3-12,15H,1-2,13-14H2/b12-5+. The van der Waals surface area contributed by atoms with Gasteiger partial charge in [0, 0.05) is 15.8 Å². The number of unbranched alkanes of at least 4 members (excludes halogenated alkanes) is 1. The van der Waals surface area contributed by atoms with Gasteiger partial charge in [-0.25, -0.2) is 0 Å². The van der Waals surface area contributed by atoms with Crippen LogP contribution in [-0.4, -0.2) is 38.0 Å².